The van der Waals surface area contributed by atoms with E-state index >= 15 is 0 Å². The Labute approximate surface area is 110 Å². The van der Waals surface area contributed by atoms with Gasteiger partial charge in [-0.2, -0.15) is 0 Å². The van der Waals surface area contributed by atoms with Gasteiger partial charge in [-0.25, -0.2) is 4.39 Å². The molecule has 2 nitrogen and oxygen atoms in total. The Kier molecular flexibility index (Phi) is 4.54. The summed E-state index contributed by atoms with van der Waals surface area (Å²) in [5.41, 5.74) is 1.70. The molecule has 0 bridgehead atoms. The highest BCUT2D eigenvalue weighted by molar-refractivity contribution is 9.10. The molecule has 4 heteroatoms. The summed E-state index contributed by atoms with van der Waals surface area (Å²) >= 11 is 3.43. The van der Waals surface area contributed by atoms with E-state index < -0.39 is 0 Å². The predicted molar refractivity (Wildman–Crippen MR) is 69.7 cm³/mol. The fraction of sp³-hybridized carbons (Fsp3) is 0.538. The van der Waals surface area contributed by atoms with Crippen LogP contribution in [0.25, 0.3) is 0 Å². The minimum Gasteiger partial charge on any atom is -0.380 e. The van der Waals surface area contributed by atoms with Crippen molar-refractivity contribution >= 4 is 15.9 Å². The van der Waals surface area contributed by atoms with Crippen molar-refractivity contribution < 1.29 is 9.13 Å². The van der Waals surface area contributed by atoms with Crippen LogP contribution in [0.4, 0.5) is 4.39 Å². The highest BCUT2D eigenvalue weighted by Gasteiger charge is 2.18. The van der Waals surface area contributed by atoms with Gasteiger partial charge in [-0.1, -0.05) is 15.9 Å². The summed E-state index contributed by atoms with van der Waals surface area (Å²) in [5.74, 6) is 0.299. The molecule has 0 saturated carbocycles. The zero-order chi connectivity index (χ0) is 12.3. The van der Waals surface area contributed by atoms with Crippen molar-refractivity contribution in [2.75, 3.05) is 20.2 Å². The fourth-order valence-corrected chi connectivity index (χ4v) is 2.86. The van der Waals surface area contributed by atoms with Crippen LogP contribution in [-0.4, -0.2) is 20.2 Å². The van der Waals surface area contributed by atoms with Gasteiger partial charge in [-0.05, 0) is 49.5 Å². The lowest BCUT2D eigenvalue weighted by Crippen LogP contribution is -2.26. The maximum Gasteiger partial charge on any atom is 0.130 e. The third-order valence-electron chi connectivity index (χ3n) is 3.26. The highest BCUT2D eigenvalue weighted by Crippen LogP contribution is 2.31. The van der Waals surface area contributed by atoms with E-state index in [4.69, 9.17) is 4.74 Å². The molecule has 94 valence electrons. The summed E-state index contributed by atoms with van der Waals surface area (Å²) in [7, 11) is 1.58. The third kappa shape index (κ3) is 3.06. The van der Waals surface area contributed by atoms with Crippen LogP contribution >= 0.6 is 15.9 Å². The molecule has 1 heterocycles. The number of piperidine rings is 1. The summed E-state index contributed by atoms with van der Waals surface area (Å²) in [6, 6.07) is 3.70. The summed E-state index contributed by atoms with van der Waals surface area (Å²) in [6.07, 6.45) is 2.16. The van der Waals surface area contributed by atoms with Gasteiger partial charge in [-0.3, -0.25) is 0 Å². The Bertz CT molecular complexity index is 368. The summed E-state index contributed by atoms with van der Waals surface area (Å²) in [5, 5.41) is 3.32. The fourth-order valence-electron chi connectivity index (χ4n) is 2.30. The van der Waals surface area contributed by atoms with Crippen molar-refractivity contribution in [3.8, 4) is 0 Å². The van der Waals surface area contributed by atoms with E-state index in [-0.39, 0.29) is 5.82 Å². The maximum absolute atomic E-state index is 13.9. The van der Waals surface area contributed by atoms with Gasteiger partial charge >= 0.3 is 0 Å². The molecule has 1 aliphatic heterocycles. The lowest BCUT2D eigenvalue weighted by atomic mass is 9.89. The number of methoxy groups -OCH3 is 1. The molecule has 17 heavy (non-hydrogen) atoms. The Morgan fingerprint density at radius 3 is 2.71 bits per heavy atom. The molecule has 1 N–H and O–H groups in total. The van der Waals surface area contributed by atoms with Crippen LogP contribution in [0.15, 0.2) is 16.6 Å². The molecule has 0 aliphatic carbocycles. The van der Waals surface area contributed by atoms with Crippen LogP contribution < -0.4 is 5.32 Å². The average molecular weight is 302 g/mol. The first kappa shape index (κ1) is 13.0. The smallest absolute Gasteiger partial charge is 0.130 e. The standard InChI is InChI=1S/C13H17BrFNO/c1-17-8-11-12(14)6-10(7-13(11)15)9-2-4-16-5-3-9/h6-7,9,16H,2-5,8H2,1H3. The summed E-state index contributed by atoms with van der Waals surface area (Å²) < 4.78 is 19.7. The molecule has 0 radical (unpaired) electrons. The van der Waals surface area contributed by atoms with Gasteiger partial charge in [-0.15, -0.1) is 0 Å². The second-order valence-corrected chi connectivity index (χ2v) is 5.27. The monoisotopic (exact) mass is 301 g/mol. The van der Waals surface area contributed by atoms with E-state index in [0.29, 0.717) is 18.1 Å². The molecule has 1 fully saturated rings. The van der Waals surface area contributed by atoms with E-state index in [2.05, 4.69) is 21.2 Å². The van der Waals surface area contributed by atoms with Gasteiger partial charge in [0.1, 0.15) is 5.82 Å². The minimum atomic E-state index is -0.172. The van der Waals surface area contributed by atoms with Crippen molar-refractivity contribution in [1.29, 1.82) is 0 Å². The normalized spacial score (nSPS) is 17.4. The molecule has 0 atom stereocenters. The Hall–Kier alpha value is -0.450. The van der Waals surface area contributed by atoms with Gasteiger partial charge in [0.15, 0.2) is 0 Å². The molecule has 1 aliphatic rings. The van der Waals surface area contributed by atoms with E-state index in [0.717, 1.165) is 36.0 Å². The van der Waals surface area contributed by atoms with Crippen molar-refractivity contribution in [3.63, 3.8) is 0 Å². The second-order valence-electron chi connectivity index (χ2n) is 4.42. The van der Waals surface area contributed by atoms with Crippen LogP contribution in [-0.2, 0) is 11.3 Å². The first-order valence-corrected chi connectivity index (χ1v) is 6.69. The number of ether oxygens (including phenoxy) is 1. The maximum atomic E-state index is 13.9. The average Bonchev–Trinajstić information content (AvgIpc) is 2.35. The Balaban J connectivity index is 2.24. The van der Waals surface area contributed by atoms with Gasteiger partial charge < -0.3 is 10.1 Å². The van der Waals surface area contributed by atoms with Crippen LogP contribution in [0.5, 0.6) is 0 Å². The van der Waals surface area contributed by atoms with Crippen LogP contribution in [0.1, 0.15) is 29.9 Å². The van der Waals surface area contributed by atoms with Gasteiger partial charge in [0, 0.05) is 17.1 Å². The lowest BCUT2D eigenvalue weighted by molar-refractivity contribution is 0.181. The van der Waals surface area contributed by atoms with Crippen LogP contribution in [0.2, 0.25) is 0 Å². The largest absolute Gasteiger partial charge is 0.380 e. The van der Waals surface area contributed by atoms with Crippen molar-refractivity contribution in [2.45, 2.75) is 25.4 Å². The van der Waals surface area contributed by atoms with Crippen LogP contribution in [0, 0.1) is 5.82 Å². The van der Waals surface area contributed by atoms with Gasteiger partial charge in [0.05, 0.1) is 6.61 Å². The Morgan fingerprint density at radius 1 is 1.41 bits per heavy atom. The first-order valence-electron chi connectivity index (χ1n) is 5.90. The molecule has 1 saturated heterocycles. The summed E-state index contributed by atoms with van der Waals surface area (Å²) in [6.45, 7) is 2.34. The van der Waals surface area contributed by atoms with E-state index in [9.17, 15) is 4.39 Å². The van der Waals surface area contributed by atoms with Gasteiger partial charge in [0.25, 0.3) is 0 Å². The molecule has 1 aromatic rings. The van der Waals surface area contributed by atoms with Crippen LogP contribution in [0.3, 0.4) is 0 Å². The lowest BCUT2D eigenvalue weighted by Gasteiger charge is -2.23. The zero-order valence-corrected chi connectivity index (χ0v) is 11.5. The highest BCUT2D eigenvalue weighted by atomic mass is 79.9. The number of halogens is 2. The summed E-state index contributed by atoms with van der Waals surface area (Å²) in [4.78, 5) is 0. The quantitative estimate of drug-likeness (QED) is 0.926. The van der Waals surface area contributed by atoms with Gasteiger partial charge in [0.2, 0.25) is 0 Å². The zero-order valence-electron chi connectivity index (χ0n) is 9.93. The molecule has 0 aromatic heterocycles. The van der Waals surface area contributed by atoms with E-state index in [1.807, 2.05) is 6.07 Å². The topological polar surface area (TPSA) is 21.3 Å². The third-order valence-corrected chi connectivity index (χ3v) is 3.97. The molecular weight excluding hydrogens is 285 g/mol. The molecular formula is C13H17BrFNO. The predicted octanol–water partition coefficient (Wildman–Crippen LogP) is 3.20. The van der Waals surface area contributed by atoms with E-state index in [1.54, 1.807) is 13.2 Å². The molecule has 2 rings (SSSR count). The molecule has 0 spiro atoms. The number of hydrogen-bond acceptors (Lipinski definition) is 2. The number of benzene rings is 1. The van der Waals surface area contributed by atoms with E-state index in [1.165, 1.54) is 0 Å². The number of hydrogen-bond donors (Lipinski definition) is 1. The second kappa shape index (κ2) is 5.94. The minimum absolute atomic E-state index is 0.172. The molecule has 0 unspecified atom stereocenters. The number of rotatable bonds is 3. The van der Waals surface area contributed by atoms with Crippen molar-refractivity contribution in [2.24, 2.45) is 0 Å². The number of nitrogens with one attached hydrogen (secondary N) is 1. The first-order chi connectivity index (χ1) is 8.22. The molecule has 1 aromatic carbocycles. The van der Waals surface area contributed by atoms with Crippen molar-refractivity contribution in [1.82, 2.24) is 5.32 Å². The molecule has 0 amide bonds. The van der Waals surface area contributed by atoms with Crippen molar-refractivity contribution in [3.05, 3.63) is 33.5 Å². The Morgan fingerprint density at radius 2 is 2.12 bits per heavy atom. The SMILES string of the molecule is COCc1c(F)cc(C2CCNCC2)cc1Br.